The number of nitrogens with zero attached hydrogens (tertiary/aromatic N) is 2. The van der Waals surface area contributed by atoms with Gasteiger partial charge in [-0.05, 0) is 44.4 Å². The fraction of sp³-hybridized carbons (Fsp3) is 0.556. The Morgan fingerprint density at radius 2 is 2.16 bits per heavy atom. The molecule has 0 amide bonds. The molecule has 136 valence electrons. The van der Waals surface area contributed by atoms with Gasteiger partial charge in [0.25, 0.3) is 0 Å². The van der Waals surface area contributed by atoms with Gasteiger partial charge in [0, 0.05) is 30.7 Å². The molecule has 0 bridgehead atoms. The molecule has 5 nitrogen and oxygen atoms in total. The summed E-state index contributed by atoms with van der Waals surface area (Å²) >= 11 is 0. The van der Waals surface area contributed by atoms with Crippen LogP contribution in [0.25, 0.3) is 0 Å². The molecule has 0 aromatic carbocycles. The van der Waals surface area contributed by atoms with Crippen LogP contribution >= 0.6 is 0 Å². The number of guanidine groups is 1. The minimum atomic E-state index is -2.65. The van der Waals surface area contributed by atoms with E-state index in [1.54, 1.807) is 6.20 Å². The normalized spacial score (nSPS) is 30.8. The highest BCUT2D eigenvalue weighted by atomic mass is 19.3. The minimum absolute atomic E-state index is 0.0554. The van der Waals surface area contributed by atoms with Crippen LogP contribution in [0.15, 0.2) is 40.7 Å². The number of hydrogen-bond acceptors (Lipinski definition) is 3. The van der Waals surface area contributed by atoms with Crippen molar-refractivity contribution in [3.8, 4) is 0 Å². The van der Waals surface area contributed by atoms with Crippen molar-refractivity contribution in [3.63, 3.8) is 0 Å². The van der Waals surface area contributed by atoms with Crippen molar-refractivity contribution in [2.24, 2.45) is 16.6 Å². The van der Waals surface area contributed by atoms with Crippen molar-refractivity contribution in [3.05, 3.63) is 41.4 Å². The Bertz CT molecular complexity index is 686. The molecule has 0 spiro atoms. The molecule has 2 atom stereocenters. The number of nitrogens with one attached hydrogen (secondary N) is 2. The van der Waals surface area contributed by atoms with Crippen molar-refractivity contribution < 1.29 is 8.78 Å². The second-order valence-corrected chi connectivity index (χ2v) is 7.00. The smallest absolute Gasteiger partial charge is 0.248 e. The molecule has 1 aliphatic carbocycles. The third kappa shape index (κ3) is 3.81. The maximum atomic E-state index is 13.9. The molecule has 1 aromatic rings. The number of rotatable bonds is 3. The maximum Gasteiger partial charge on any atom is 0.248 e. The largest absolute Gasteiger partial charge is 0.334 e. The van der Waals surface area contributed by atoms with Crippen LogP contribution in [-0.2, 0) is 6.54 Å². The van der Waals surface area contributed by atoms with Crippen molar-refractivity contribution in [2.45, 2.75) is 57.7 Å². The average Bonchev–Trinajstić information content (AvgIpc) is 2.58. The highest BCUT2D eigenvalue weighted by Gasteiger charge is 2.47. The summed E-state index contributed by atoms with van der Waals surface area (Å²) in [5.74, 6) is -2.49. The number of aliphatic imine (C=N–C) groups is 1. The summed E-state index contributed by atoms with van der Waals surface area (Å²) in [6.45, 7) is 4.17. The quantitative estimate of drug-likeness (QED) is 0.784. The molecular formula is C18H25F2N5. The molecule has 4 N–H and O–H groups in total. The number of halogens is 2. The Morgan fingerprint density at radius 3 is 2.84 bits per heavy atom. The lowest BCUT2D eigenvalue weighted by Gasteiger charge is -2.46. The first-order chi connectivity index (χ1) is 11.8. The summed E-state index contributed by atoms with van der Waals surface area (Å²) in [5, 5.41) is 6.36. The summed E-state index contributed by atoms with van der Waals surface area (Å²) in [5.41, 5.74) is 8.14. The Morgan fingerprint density at radius 1 is 1.36 bits per heavy atom. The number of nitrogens with two attached hydrogens (primary N) is 1. The topological polar surface area (TPSA) is 75.3 Å². The standard InChI is InChI=1S/C18H25F2N5/c1-12-13(2)24-16(23-11-15-7-3-4-9-22-15)25-18(12,21)14-6-5-8-17(19,20)10-14/h3-4,7,9,14H,5-6,8,10-11,21H2,1-2H3,(H2,23,24,25). The van der Waals surface area contributed by atoms with Crippen molar-refractivity contribution in [1.29, 1.82) is 0 Å². The van der Waals surface area contributed by atoms with Crippen LogP contribution in [0.3, 0.4) is 0 Å². The fourth-order valence-electron chi connectivity index (χ4n) is 3.60. The molecule has 2 unspecified atom stereocenters. The van der Waals surface area contributed by atoms with Gasteiger partial charge in [0.05, 0.1) is 12.2 Å². The van der Waals surface area contributed by atoms with Gasteiger partial charge < -0.3 is 16.4 Å². The van der Waals surface area contributed by atoms with Crippen molar-refractivity contribution >= 4 is 5.96 Å². The van der Waals surface area contributed by atoms with Crippen LogP contribution in [0.4, 0.5) is 8.78 Å². The number of pyridine rings is 1. The van der Waals surface area contributed by atoms with Crippen molar-refractivity contribution in [1.82, 2.24) is 15.6 Å². The number of allylic oxidation sites excluding steroid dienone is 1. The molecule has 1 aliphatic heterocycles. The lowest BCUT2D eigenvalue weighted by Crippen LogP contribution is -2.68. The number of alkyl halides is 2. The Hall–Kier alpha value is -2.02. The van der Waals surface area contributed by atoms with Crippen LogP contribution < -0.4 is 16.4 Å². The van der Waals surface area contributed by atoms with E-state index in [0.717, 1.165) is 17.0 Å². The lowest BCUT2D eigenvalue weighted by molar-refractivity contribution is -0.0641. The minimum Gasteiger partial charge on any atom is -0.334 e. The number of aromatic nitrogens is 1. The Kier molecular flexibility index (Phi) is 4.77. The Labute approximate surface area is 146 Å². The van der Waals surface area contributed by atoms with Crippen LogP contribution in [0.5, 0.6) is 0 Å². The SMILES string of the molecule is CC1=C(C)C(N)(C2CCCC(F)(F)C2)NC(=NCc2ccccn2)N1. The predicted molar refractivity (Wildman–Crippen MR) is 93.8 cm³/mol. The molecule has 0 saturated heterocycles. The second kappa shape index (κ2) is 6.71. The highest BCUT2D eigenvalue weighted by Crippen LogP contribution is 2.42. The van der Waals surface area contributed by atoms with E-state index < -0.39 is 11.6 Å². The maximum absolute atomic E-state index is 13.9. The van der Waals surface area contributed by atoms with Crippen LogP contribution in [-0.4, -0.2) is 22.5 Å². The van der Waals surface area contributed by atoms with E-state index in [1.807, 2.05) is 32.0 Å². The summed E-state index contributed by atoms with van der Waals surface area (Å²) in [4.78, 5) is 8.73. The molecule has 1 aromatic heterocycles. The summed E-state index contributed by atoms with van der Waals surface area (Å²) in [6.07, 6.45) is 2.62. The van der Waals surface area contributed by atoms with E-state index >= 15 is 0 Å². The highest BCUT2D eigenvalue weighted by molar-refractivity contribution is 5.84. The monoisotopic (exact) mass is 349 g/mol. The van der Waals surface area contributed by atoms with Crippen molar-refractivity contribution in [2.75, 3.05) is 0 Å². The first-order valence-corrected chi connectivity index (χ1v) is 8.64. The molecule has 0 radical (unpaired) electrons. The zero-order valence-corrected chi connectivity index (χ0v) is 14.6. The van der Waals surface area contributed by atoms with E-state index in [9.17, 15) is 8.78 Å². The van der Waals surface area contributed by atoms with E-state index in [2.05, 4.69) is 20.6 Å². The van der Waals surface area contributed by atoms with E-state index in [1.165, 1.54) is 0 Å². The summed E-state index contributed by atoms with van der Waals surface area (Å²) in [7, 11) is 0. The molecule has 1 saturated carbocycles. The summed E-state index contributed by atoms with van der Waals surface area (Å²) < 4.78 is 27.8. The third-order valence-electron chi connectivity index (χ3n) is 5.22. The summed E-state index contributed by atoms with van der Waals surface area (Å²) in [6, 6.07) is 5.63. The first-order valence-electron chi connectivity index (χ1n) is 8.64. The lowest BCUT2D eigenvalue weighted by atomic mass is 9.74. The zero-order chi connectivity index (χ0) is 18.1. The van der Waals surface area contributed by atoms with Gasteiger partial charge in [-0.15, -0.1) is 0 Å². The van der Waals surface area contributed by atoms with Crippen LogP contribution in [0.1, 0.15) is 45.2 Å². The molecule has 1 fully saturated rings. The van der Waals surface area contributed by atoms with Gasteiger partial charge in [0.1, 0.15) is 5.66 Å². The third-order valence-corrected chi connectivity index (χ3v) is 5.22. The van der Waals surface area contributed by atoms with E-state index in [4.69, 9.17) is 5.73 Å². The van der Waals surface area contributed by atoms with Gasteiger partial charge in [-0.3, -0.25) is 4.98 Å². The van der Waals surface area contributed by atoms with Gasteiger partial charge in [0.15, 0.2) is 5.96 Å². The van der Waals surface area contributed by atoms with Gasteiger partial charge in [-0.1, -0.05) is 6.07 Å². The molecule has 2 aliphatic rings. The van der Waals surface area contributed by atoms with Gasteiger partial charge in [-0.2, -0.15) is 0 Å². The second-order valence-electron chi connectivity index (χ2n) is 7.00. The van der Waals surface area contributed by atoms with E-state index in [-0.39, 0.29) is 18.8 Å². The van der Waals surface area contributed by atoms with Gasteiger partial charge in [0.2, 0.25) is 5.92 Å². The molecule has 3 rings (SSSR count). The number of hydrogen-bond donors (Lipinski definition) is 3. The molecule has 25 heavy (non-hydrogen) atoms. The Balaban J connectivity index is 1.82. The van der Waals surface area contributed by atoms with Crippen LogP contribution in [0.2, 0.25) is 0 Å². The zero-order valence-electron chi connectivity index (χ0n) is 14.6. The molecule has 2 heterocycles. The first kappa shape index (κ1) is 17.8. The predicted octanol–water partition coefficient (Wildman–Crippen LogP) is 2.90. The van der Waals surface area contributed by atoms with Gasteiger partial charge >= 0.3 is 0 Å². The average molecular weight is 349 g/mol. The van der Waals surface area contributed by atoms with E-state index in [0.29, 0.717) is 25.3 Å². The molecular weight excluding hydrogens is 324 g/mol. The van der Waals surface area contributed by atoms with Gasteiger partial charge in [-0.25, -0.2) is 13.8 Å². The molecule has 7 heteroatoms. The van der Waals surface area contributed by atoms with Crippen LogP contribution in [0, 0.1) is 5.92 Å². The fourth-order valence-corrected chi connectivity index (χ4v) is 3.60.